The second-order valence-corrected chi connectivity index (χ2v) is 11.4. The SMILES string of the molecule is CC(=O)N1/C(=C/c2cc(-c3ccc4c(c3)CCN(C)C4)c3cc(C(=O)N4CCOCC4)ccc3n2)C(=O)c2ccccc21. The second-order valence-electron chi connectivity index (χ2n) is 11.4. The number of ether oxygens (including phenoxy) is 1. The number of pyridine rings is 1. The Hall–Kier alpha value is -4.66. The molecule has 2 amide bonds. The molecular weight excluding hydrogens is 540 g/mol. The van der Waals surface area contributed by atoms with Crippen LogP contribution in [0.4, 0.5) is 5.69 Å². The maximum absolute atomic E-state index is 13.4. The van der Waals surface area contributed by atoms with Gasteiger partial charge in [-0.2, -0.15) is 0 Å². The van der Waals surface area contributed by atoms with Crippen LogP contribution in [0, 0.1) is 0 Å². The smallest absolute Gasteiger partial charge is 0.254 e. The van der Waals surface area contributed by atoms with Crippen LogP contribution in [-0.4, -0.2) is 72.3 Å². The first-order chi connectivity index (χ1) is 20.9. The Morgan fingerprint density at radius 1 is 0.907 bits per heavy atom. The zero-order valence-corrected chi connectivity index (χ0v) is 24.3. The number of likely N-dealkylation sites (N-methyl/N-ethyl adjacent to an activating group) is 1. The van der Waals surface area contributed by atoms with Gasteiger partial charge in [0, 0.05) is 49.6 Å². The molecule has 0 spiro atoms. The highest BCUT2D eigenvalue weighted by molar-refractivity contribution is 6.26. The largest absolute Gasteiger partial charge is 0.378 e. The first-order valence-corrected chi connectivity index (χ1v) is 14.7. The highest BCUT2D eigenvalue weighted by atomic mass is 16.5. The van der Waals surface area contributed by atoms with Crippen LogP contribution >= 0.6 is 0 Å². The lowest BCUT2D eigenvalue weighted by Crippen LogP contribution is -2.40. The van der Waals surface area contributed by atoms with Crippen molar-refractivity contribution in [1.29, 1.82) is 0 Å². The number of aromatic nitrogens is 1. The molecule has 3 aliphatic rings. The Balaban J connectivity index is 1.38. The Labute approximate surface area is 250 Å². The molecular formula is C35H32N4O4. The third kappa shape index (κ3) is 4.92. The third-order valence-corrected chi connectivity index (χ3v) is 8.56. The number of Topliss-reactive ketones (excluding diaryl/α,β-unsaturated/α-hetero) is 1. The first kappa shape index (κ1) is 27.2. The number of morpholine rings is 1. The fraction of sp³-hybridized carbons (Fsp3) is 0.257. The van der Waals surface area contributed by atoms with Gasteiger partial charge < -0.3 is 14.5 Å². The average molecular weight is 573 g/mol. The van der Waals surface area contributed by atoms with Gasteiger partial charge in [0.05, 0.1) is 35.8 Å². The van der Waals surface area contributed by atoms with Crippen molar-refractivity contribution in [3.63, 3.8) is 0 Å². The number of hydrogen-bond donors (Lipinski definition) is 0. The third-order valence-electron chi connectivity index (χ3n) is 8.56. The molecule has 1 saturated heterocycles. The predicted octanol–water partition coefficient (Wildman–Crippen LogP) is 4.95. The number of benzene rings is 3. The molecule has 0 saturated carbocycles. The normalized spacial score (nSPS) is 17.8. The number of para-hydroxylation sites is 1. The van der Waals surface area contributed by atoms with Gasteiger partial charge in [0.25, 0.3) is 5.91 Å². The van der Waals surface area contributed by atoms with Crippen molar-refractivity contribution in [3.05, 3.63) is 100 Å². The lowest BCUT2D eigenvalue weighted by Gasteiger charge is -2.27. The van der Waals surface area contributed by atoms with E-state index < -0.39 is 0 Å². The summed E-state index contributed by atoms with van der Waals surface area (Å²) in [4.78, 5) is 50.1. The van der Waals surface area contributed by atoms with Crippen molar-refractivity contribution in [2.75, 3.05) is 44.8 Å². The number of nitrogens with zero attached hydrogens (tertiary/aromatic N) is 4. The lowest BCUT2D eigenvalue weighted by atomic mass is 9.92. The number of carbonyl (C=O) groups excluding carboxylic acids is 3. The second kappa shape index (κ2) is 10.9. The Morgan fingerprint density at radius 3 is 2.53 bits per heavy atom. The number of fused-ring (bicyclic) bond motifs is 3. The highest BCUT2D eigenvalue weighted by Crippen LogP contribution is 2.37. The van der Waals surface area contributed by atoms with Crippen LogP contribution in [-0.2, 0) is 22.5 Å². The van der Waals surface area contributed by atoms with E-state index >= 15 is 0 Å². The van der Waals surface area contributed by atoms with E-state index in [0.29, 0.717) is 54.3 Å². The maximum atomic E-state index is 13.4. The highest BCUT2D eigenvalue weighted by Gasteiger charge is 2.34. The summed E-state index contributed by atoms with van der Waals surface area (Å²) < 4.78 is 5.44. The minimum absolute atomic E-state index is 0.0257. The van der Waals surface area contributed by atoms with Crippen LogP contribution in [0.25, 0.3) is 28.1 Å². The number of rotatable bonds is 3. The Kier molecular flexibility index (Phi) is 6.88. The number of carbonyl (C=O) groups is 3. The first-order valence-electron chi connectivity index (χ1n) is 14.7. The summed E-state index contributed by atoms with van der Waals surface area (Å²) in [7, 11) is 2.13. The summed E-state index contributed by atoms with van der Waals surface area (Å²) in [5, 5.41) is 0.860. The fourth-order valence-electron chi connectivity index (χ4n) is 6.34. The van der Waals surface area contributed by atoms with Crippen molar-refractivity contribution in [3.8, 4) is 11.1 Å². The number of hydrogen-bond acceptors (Lipinski definition) is 6. The average Bonchev–Trinajstić information content (AvgIpc) is 3.31. The molecule has 0 bridgehead atoms. The molecule has 3 aromatic carbocycles. The van der Waals surface area contributed by atoms with E-state index in [0.717, 1.165) is 36.0 Å². The number of anilines is 1. The standard InChI is InChI=1S/C35H32N4O4/c1-22(40)39-32-6-4-3-5-28(32)34(41)33(39)20-27-19-29(24-7-8-26-21-37(2)12-11-23(26)17-24)30-18-25(9-10-31(30)36-27)35(42)38-13-15-43-16-14-38/h3-10,17-20H,11-16,21H2,1-2H3/b33-20+. The van der Waals surface area contributed by atoms with Gasteiger partial charge >= 0.3 is 0 Å². The van der Waals surface area contributed by atoms with Gasteiger partial charge in [-0.25, -0.2) is 4.98 Å². The van der Waals surface area contributed by atoms with Gasteiger partial charge in [0.2, 0.25) is 11.7 Å². The van der Waals surface area contributed by atoms with Crippen LogP contribution in [0.5, 0.6) is 0 Å². The minimum atomic E-state index is -0.239. The maximum Gasteiger partial charge on any atom is 0.254 e. The summed E-state index contributed by atoms with van der Waals surface area (Å²) in [6.45, 7) is 5.56. The number of allylic oxidation sites excluding steroid dienone is 1. The van der Waals surface area contributed by atoms with E-state index in [-0.39, 0.29) is 23.3 Å². The molecule has 4 heterocycles. The summed E-state index contributed by atoms with van der Waals surface area (Å²) in [6.07, 6.45) is 2.66. The van der Waals surface area contributed by atoms with Gasteiger partial charge in [-0.15, -0.1) is 0 Å². The van der Waals surface area contributed by atoms with Crippen LogP contribution in [0.3, 0.4) is 0 Å². The molecule has 0 atom stereocenters. The number of ketones is 1. The molecule has 0 N–H and O–H groups in total. The van der Waals surface area contributed by atoms with E-state index in [9.17, 15) is 14.4 Å². The topological polar surface area (TPSA) is 83.1 Å². The van der Waals surface area contributed by atoms with E-state index in [1.807, 2.05) is 35.2 Å². The van der Waals surface area contributed by atoms with E-state index in [2.05, 4.69) is 30.1 Å². The van der Waals surface area contributed by atoms with Crippen LogP contribution in [0.1, 0.15) is 44.5 Å². The zero-order valence-electron chi connectivity index (χ0n) is 24.3. The zero-order chi connectivity index (χ0) is 29.7. The summed E-state index contributed by atoms with van der Waals surface area (Å²) >= 11 is 0. The van der Waals surface area contributed by atoms with Crippen molar-refractivity contribution in [1.82, 2.24) is 14.8 Å². The van der Waals surface area contributed by atoms with Gasteiger partial charge in [0.1, 0.15) is 0 Å². The molecule has 0 radical (unpaired) electrons. The van der Waals surface area contributed by atoms with Crippen molar-refractivity contribution in [2.24, 2.45) is 0 Å². The number of amides is 2. The predicted molar refractivity (Wildman–Crippen MR) is 166 cm³/mol. The Morgan fingerprint density at radius 2 is 1.72 bits per heavy atom. The lowest BCUT2D eigenvalue weighted by molar-refractivity contribution is -0.116. The van der Waals surface area contributed by atoms with Crippen LogP contribution in [0.15, 0.2) is 72.4 Å². The molecule has 8 nitrogen and oxygen atoms in total. The van der Waals surface area contributed by atoms with E-state index in [1.165, 1.54) is 23.0 Å². The molecule has 8 heteroatoms. The molecule has 1 aromatic heterocycles. The van der Waals surface area contributed by atoms with Crippen molar-refractivity contribution in [2.45, 2.75) is 19.9 Å². The molecule has 1 fully saturated rings. The monoisotopic (exact) mass is 572 g/mol. The van der Waals surface area contributed by atoms with Gasteiger partial charge in [0.15, 0.2) is 0 Å². The minimum Gasteiger partial charge on any atom is -0.378 e. The molecule has 216 valence electrons. The molecule has 0 aliphatic carbocycles. The van der Waals surface area contributed by atoms with Gasteiger partial charge in [-0.1, -0.05) is 30.3 Å². The molecule has 7 rings (SSSR count). The van der Waals surface area contributed by atoms with Crippen LogP contribution < -0.4 is 4.90 Å². The quantitative estimate of drug-likeness (QED) is 0.323. The fourth-order valence-corrected chi connectivity index (χ4v) is 6.34. The van der Waals surface area contributed by atoms with Gasteiger partial charge in [-0.05, 0) is 78.2 Å². The summed E-state index contributed by atoms with van der Waals surface area (Å²) in [5.74, 6) is -0.475. The molecule has 4 aromatic rings. The molecule has 3 aliphatic heterocycles. The van der Waals surface area contributed by atoms with Crippen molar-refractivity contribution >= 4 is 40.3 Å². The van der Waals surface area contributed by atoms with Crippen LogP contribution in [0.2, 0.25) is 0 Å². The molecule has 43 heavy (non-hydrogen) atoms. The van der Waals surface area contributed by atoms with E-state index in [1.54, 1.807) is 24.3 Å². The Bertz CT molecular complexity index is 1840. The van der Waals surface area contributed by atoms with Crippen molar-refractivity contribution < 1.29 is 19.1 Å². The molecule has 0 unspecified atom stereocenters. The summed E-state index contributed by atoms with van der Waals surface area (Å²) in [6, 6.07) is 21.3. The van der Waals surface area contributed by atoms with Gasteiger partial charge in [-0.3, -0.25) is 19.3 Å². The summed E-state index contributed by atoms with van der Waals surface area (Å²) in [5.41, 5.74) is 7.80. The van der Waals surface area contributed by atoms with E-state index in [4.69, 9.17) is 9.72 Å².